The number of para-hydroxylation sites is 2. The van der Waals surface area contributed by atoms with Crippen molar-refractivity contribution in [2.75, 3.05) is 42.5 Å². The van der Waals surface area contributed by atoms with E-state index < -0.39 is 0 Å². The van der Waals surface area contributed by atoms with E-state index in [9.17, 15) is 4.79 Å². The van der Waals surface area contributed by atoms with E-state index in [1.54, 1.807) is 0 Å². The van der Waals surface area contributed by atoms with Gasteiger partial charge >= 0.3 is 0 Å². The fourth-order valence-electron chi connectivity index (χ4n) is 5.22. The lowest BCUT2D eigenvalue weighted by atomic mass is 10.0. The molecule has 170 valence electrons. The molecule has 1 N–H and O–H groups in total. The van der Waals surface area contributed by atoms with E-state index in [2.05, 4.69) is 76.3 Å². The molecule has 1 amide bonds. The summed E-state index contributed by atoms with van der Waals surface area (Å²) in [5.41, 5.74) is 5.56. The number of nitrogens with zero attached hydrogens (tertiary/aromatic N) is 3. The highest BCUT2D eigenvalue weighted by molar-refractivity contribution is 6.02. The smallest absolute Gasteiger partial charge is 0.255 e. The van der Waals surface area contributed by atoms with Gasteiger partial charge in [-0.2, -0.15) is 0 Å². The molecule has 0 saturated carbocycles. The maximum Gasteiger partial charge on any atom is 0.255 e. The molecule has 5 heteroatoms. The van der Waals surface area contributed by atoms with Gasteiger partial charge in [-0.25, -0.2) is 0 Å². The monoisotopic (exact) mass is 440 g/mol. The number of fused-ring (bicyclic) bond motifs is 1. The Labute approximate surface area is 196 Å². The molecule has 3 aromatic rings. The molecule has 2 heterocycles. The normalized spacial score (nSPS) is 19.7. The van der Waals surface area contributed by atoms with Crippen molar-refractivity contribution in [1.29, 1.82) is 0 Å². The molecule has 3 aromatic carbocycles. The van der Waals surface area contributed by atoms with E-state index in [4.69, 9.17) is 0 Å². The van der Waals surface area contributed by atoms with Crippen LogP contribution in [0.3, 0.4) is 0 Å². The number of aryl methyl sites for hydroxylation is 1. The van der Waals surface area contributed by atoms with Gasteiger partial charge in [0.15, 0.2) is 0 Å². The molecule has 0 bridgehead atoms. The summed E-state index contributed by atoms with van der Waals surface area (Å²) >= 11 is 0. The van der Waals surface area contributed by atoms with Gasteiger partial charge in [-0.3, -0.25) is 9.69 Å². The molecule has 0 spiro atoms. The zero-order chi connectivity index (χ0) is 22.8. The summed E-state index contributed by atoms with van der Waals surface area (Å²) < 4.78 is 0. The zero-order valence-corrected chi connectivity index (χ0v) is 19.4. The number of carbonyl (C=O) groups excluding carboxylic acids is 1. The van der Waals surface area contributed by atoms with E-state index >= 15 is 0 Å². The number of nitrogens with one attached hydrogen (secondary N) is 1. The molecule has 2 unspecified atom stereocenters. The fraction of sp³-hybridized carbons (Fsp3) is 0.321. The van der Waals surface area contributed by atoms with Crippen LogP contribution in [-0.2, 0) is 0 Å². The summed E-state index contributed by atoms with van der Waals surface area (Å²) in [7, 11) is 0. The molecule has 1 saturated heterocycles. The van der Waals surface area contributed by atoms with Gasteiger partial charge in [0.25, 0.3) is 5.91 Å². The SMILES string of the molecule is Cc1ccccc1N1CCN(CC(C)N2c3ccccc3C(=O)NC2c2ccccc2)CC1. The summed E-state index contributed by atoms with van der Waals surface area (Å²) in [5.74, 6) is -0.00486. The summed E-state index contributed by atoms with van der Waals surface area (Å²) in [4.78, 5) is 20.3. The van der Waals surface area contributed by atoms with Gasteiger partial charge in [0.1, 0.15) is 6.17 Å². The number of rotatable bonds is 5. The number of piperazine rings is 1. The van der Waals surface area contributed by atoms with Crippen molar-refractivity contribution in [2.24, 2.45) is 0 Å². The van der Waals surface area contributed by atoms with Crippen LogP contribution in [0.15, 0.2) is 78.9 Å². The van der Waals surface area contributed by atoms with E-state index in [0.717, 1.165) is 49.5 Å². The van der Waals surface area contributed by atoms with Crippen molar-refractivity contribution in [1.82, 2.24) is 10.2 Å². The predicted molar refractivity (Wildman–Crippen MR) is 135 cm³/mol. The van der Waals surface area contributed by atoms with Crippen molar-refractivity contribution in [3.63, 3.8) is 0 Å². The first-order valence-corrected chi connectivity index (χ1v) is 11.9. The highest BCUT2D eigenvalue weighted by Gasteiger charge is 2.35. The topological polar surface area (TPSA) is 38.8 Å². The highest BCUT2D eigenvalue weighted by atomic mass is 16.2. The maximum absolute atomic E-state index is 12.9. The van der Waals surface area contributed by atoms with Crippen LogP contribution in [0.25, 0.3) is 0 Å². The lowest BCUT2D eigenvalue weighted by Crippen LogP contribution is -2.55. The zero-order valence-electron chi connectivity index (χ0n) is 19.4. The largest absolute Gasteiger partial charge is 0.369 e. The Kier molecular flexibility index (Phi) is 6.05. The van der Waals surface area contributed by atoms with E-state index in [1.807, 2.05) is 36.4 Å². The Hall–Kier alpha value is -3.31. The number of amides is 1. The first-order valence-electron chi connectivity index (χ1n) is 11.9. The minimum atomic E-state index is -0.170. The first kappa shape index (κ1) is 21.5. The lowest BCUT2D eigenvalue weighted by Gasteiger charge is -2.45. The van der Waals surface area contributed by atoms with Crippen molar-refractivity contribution in [2.45, 2.75) is 26.1 Å². The molecule has 0 radical (unpaired) electrons. The second kappa shape index (κ2) is 9.28. The van der Waals surface area contributed by atoms with Crippen molar-refractivity contribution in [3.8, 4) is 0 Å². The van der Waals surface area contributed by atoms with Gasteiger partial charge in [-0.15, -0.1) is 0 Å². The van der Waals surface area contributed by atoms with Crippen LogP contribution in [0.5, 0.6) is 0 Å². The van der Waals surface area contributed by atoms with Gasteiger partial charge in [-0.1, -0.05) is 60.7 Å². The third-order valence-electron chi connectivity index (χ3n) is 6.91. The average molecular weight is 441 g/mol. The summed E-state index contributed by atoms with van der Waals surface area (Å²) in [6.45, 7) is 9.57. The van der Waals surface area contributed by atoms with E-state index in [0.29, 0.717) is 0 Å². The number of benzene rings is 3. The number of hydrogen-bond acceptors (Lipinski definition) is 4. The molecule has 0 aliphatic carbocycles. The molecular formula is C28H32N4O. The minimum absolute atomic E-state index is 0.00486. The Balaban J connectivity index is 1.34. The lowest BCUT2D eigenvalue weighted by molar-refractivity contribution is 0.0922. The van der Waals surface area contributed by atoms with Crippen LogP contribution in [0.4, 0.5) is 11.4 Å². The molecule has 2 aliphatic rings. The molecule has 2 aliphatic heterocycles. The van der Waals surface area contributed by atoms with Gasteiger partial charge in [-0.05, 0) is 43.2 Å². The Bertz CT molecular complexity index is 1110. The summed E-state index contributed by atoms with van der Waals surface area (Å²) in [6, 6.07) is 27.1. The fourth-order valence-corrected chi connectivity index (χ4v) is 5.22. The van der Waals surface area contributed by atoms with Gasteiger partial charge in [0, 0.05) is 44.5 Å². The number of hydrogen-bond donors (Lipinski definition) is 1. The maximum atomic E-state index is 12.9. The Morgan fingerprint density at radius 2 is 1.48 bits per heavy atom. The average Bonchev–Trinajstić information content (AvgIpc) is 2.85. The van der Waals surface area contributed by atoms with E-state index in [-0.39, 0.29) is 18.1 Å². The second-order valence-electron chi connectivity index (χ2n) is 9.13. The Morgan fingerprint density at radius 1 is 0.848 bits per heavy atom. The second-order valence-corrected chi connectivity index (χ2v) is 9.13. The van der Waals surface area contributed by atoms with Crippen LogP contribution in [0.2, 0.25) is 0 Å². The molecular weight excluding hydrogens is 408 g/mol. The van der Waals surface area contributed by atoms with Crippen molar-refractivity contribution < 1.29 is 4.79 Å². The number of anilines is 2. The standard InChI is InChI=1S/C28H32N4O/c1-21-10-6-8-14-25(21)31-18-16-30(17-19-31)20-22(2)32-26-15-9-7-13-24(26)28(33)29-27(32)23-11-4-3-5-12-23/h3-15,22,27H,16-20H2,1-2H3,(H,29,33). The van der Waals surface area contributed by atoms with E-state index in [1.165, 1.54) is 11.3 Å². The highest BCUT2D eigenvalue weighted by Crippen LogP contribution is 2.35. The number of carbonyl (C=O) groups is 1. The first-order chi connectivity index (χ1) is 16.1. The van der Waals surface area contributed by atoms with Crippen molar-refractivity contribution in [3.05, 3.63) is 95.6 Å². The van der Waals surface area contributed by atoms with Crippen LogP contribution >= 0.6 is 0 Å². The quantitative estimate of drug-likeness (QED) is 0.636. The van der Waals surface area contributed by atoms with Crippen LogP contribution in [0.1, 0.15) is 34.6 Å². The van der Waals surface area contributed by atoms with Crippen LogP contribution in [0, 0.1) is 6.92 Å². The molecule has 5 nitrogen and oxygen atoms in total. The predicted octanol–water partition coefficient (Wildman–Crippen LogP) is 4.45. The molecule has 0 aromatic heterocycles. The minimum Gasteiger partial charge on any atom is -0.369 e. The third-order valence-corrected chi connectivity index (χ3v) is 6.91. The van der Waals surface area contributed by atoms with Crippen LogP contribution in [-0.4, -0.2) is 49.6 Å². The molecule has 1 fully saturated rings. The van der Waals surface area contributed by atoms with Crippen molar-refractivity contribution >= 4 is 17.3 Å². The summed E-state index contributed by atoms with van der Waals surface area (Å²) in [6.07, 6.45) is -0.170. The summed E-state index contributed by atoms with van der Waals surface area (Å²) in [5, 5.41) is 3.25. The van der Waals surface area contributed by atoms with Gasteiger partial charge in [0.05, 0.1) is 11.3 Å². The third kappa shape index (κ3) is 4.33. The molecule has 33 heavy (non-hydrogen) atoms. The van der Waals surface area contributed by atoms with Crippen LogP contribution < -0.4 is 15.1 Å². The van der Waals surface area contributed by atoms with Gasteiger partial charge in [0.2, 0.25) is 0 Å². The Morgan fingerprint density at radius 3 is 2.21 bits per heavy atom. The molecule has 2 atom stereocenters. The molecule has 5 rings (SSSR count). The van der Waals surface area contributed by atoms with Gasteiger partial charge < -0.3 is 15.1 Å².